The Morgan fingerprint density at radius 1 is 1.11 bits per heavy atom. The molecule has 0 bridgehead atoms. The summed E-state index contributed by atoms with van der Waals surface area (Å²) in [6.45, 7) is 1.03. The third kappa shape index (κ3) is 4.42. The zero-order valence-corrected chi connectivity index (χ0v) is 16.2. The molecule has 0 saturated carbocycles. The second-order valence-electron chi connectivity index (χ2n) is 6.41. The van der Waals surface area contributed by atoms with Gasteiger partial charge in [0.25, 0.3) is 0 Å². The molecular formula is C19H22Cl2N4O2. The minimum Gasteiger partial charge on any atom is -0.381 e. The van der Waals surface area contributed by atoms with Crippen molar-refractivity contribution in [3.8, 4) is 11.4 Å². The van der Waals surface area contributed by atoms with Gasteiger partial charge in [0.15, 0.2) is 0 Å². The van der Waals surface area contributed by atoms with Crippen LogP contribution in [0, 0.1) is 0 Å². The number of nitrogens with one attached hydrogen (secondary N) is 2. The maximum absolute atomic E-state index is 12.6. The largest absolute Gasteiger partial charge is 0.381 e. The summed E-state index contributed by atoms with van der Waals surface area (Å²) in [4.78, 5) is 20.5. The second-order valence-corrected chi connectivity index (χ2v) is 6.41. The number of aromatic nitrogens is 2. The number of nitrogens with two attached hydrogens (primary N) is 1. The SMILES string of the molecule is Cl.Cl.NC1(C(=O)Nc2cccc(-c3nc4ccccc4[nH]3)c2)CCOCC1. The highest BCUT2D eigenvalue weighted by molar-refractivity contribution is 5.98. The summed E-state index contributed by atoms with van der Waals surface area (Å²) in [6.07, 6.45) is 1.06. The number of H-pyrrole nitrogens is 1. The summed E-state index contributed by atoms with van der Waals surface area (Å²) >= 11 is 0. The third-order valence-electron chi connectivity index (χ3n) is 4.62. The molecule has 0 aliphatic carbocycles. The quantitative estimate of drug-likeness (QED) is 0.617. The molecule has 144 valence electrons. The van der Waals surface area contributed by atoms with Gasteiger partial charge in [-0.3, -0.25) is 4.79 Å². The molecule has 8 heteroatoms. The molecule has 27 heavy (non-hydrogen) atoms. The van der Waals surface area contributed by atoms with Crippen LogP contribution in [0.25, 0.3) is 22.4 Å². The van der Waals surface area contributed by atoms with Gasteiger partial charge in [-0.2, -0.15) is 0 Å². The predicted octanol–water partition coefficient (Wildman–Crippen LogP) is 3.52. The van der Waals surface area contributed by atoms with Gasteiger partial charge < -0.3 is 20.8 Å². The number of fused-ring (bicyclic) bond motifs is 1. The van der Waals surface area contributed by atoms with E-state index in [-0.39, 0.29) is 30.7 Å². The third-order valence-corrected chi connectivity index (χ3v) is 4.62. The minimum absolute atomic E-state index is 0. The fraction of sp³-hybridized carbons (Fsp3) is 0.263. The fourth-order valence-corrected chi connectivity index (χ4v) is 3.05. The van der Waals surface area contributed by atoms with Crippen molar-refractivity contribution < 1.29 is 9.53 Å². The number of para-hydroxylation sites is 2. The van der Waals surface area contributed by atoms with Crippen LogP contribution in [-0.2, 0) is 9.53 Å². The Labute approximate surface area is 169 Å². The van der Waals surface area contributed by atoms with E-state index in [0.29, 0.717) is 31.7 Å². The average molecular weight is 409 g/mol. The first kappa shape index (κ1) is 21.2. The van der Waals surface area contributed by atoms with Gasteiger partial charge in [0.1, 0.15) is 11.4 Å². The number of halogens is 2. The van der Waals surface area contributed by atoms with Crippen LogP contribution in [0.15, 0.2) is 48.5 Å². The minimum atomic E-state index is -0.867. The topological polar surface area (TPSA) is 93.0 Å². The van der Waals surface area contributed by atoms with Crippen LogP contribution in [0.3, 0.4) is 0 Å². The Hall–Kier alpha value is -2.12. The van der Waals surface area contributed by atoms with Crippen molar-refractivity contribution in [3.05, 3.63) is 48.5 Å². The van der Waals surface area contributed by atoms with Crippen molar-refractivity contribution in [2.45, 2.75) is 18.4 Å². The van der Waals surface area contributed by atoms with Gasteiger partial charge in [0, 0.05) is 24.5 Å². The number of imidazole rings is 1. The number of benzene rings is 2. The Kier molecular flexibility index (Phi) is 6.84. The lowest BCUT2D eigenvalue weighted by Gasteiger charge is -2.31. The van der Waals surface area contributed by atoms with E-state index in [2.05, 4.69) is 15.3 Å². The van der Waals surface area contributed by atoms with Crippen molar-refractivity contribution in [2.24, 2.45) is 5.73 Å². The lowest BCUT2D eigenvalue weighted by molar-refractivity contribution is -0.124. The van der Waals surface area contributed by atoms with Crippen LogP contribution in [0.1, 0.15) is 12.8 Å². The molecule has 0 atom stereocenters. The number of anilines is 1. The monoisotopic (exact) mass is 408 g/mol. The van der Waals surface area contributed by atoms with Crippen LogP contribution in [-0.4, -0.2) is 34.6 Å². The van der Waals surface area contributed by atoms with Gasteiger partial charge in [-0.15, -0.1) is 24.8 Å². The summed E-state index contributed by atoms with van der Waals surface area (Å²) < 4.78 is 5.30. The van der Waals surface area contributed by atoms with Crippen LogP contribution < -0.4 is 11.1 Å². The summed E-state index contributed by atoms with van der Waals surface area (Å²) in [5.74, 6) is 0.600. The summed E-state index contributed by atoms with van der Waals surface area (Å²) in [7, 11) is 0. The molecule has 1 amide bonds. The molecule has 4 rings (SSSR count). The van der Waals surface area contributed by atoms with Gasteiger partial charge in [0.2, 0.25) is 5.91 Å². The maximum atomic E-state index is 12.6. The zero-order valence-electron chi connectivity index (χ0n) is 14.6. The predicted molar refractivity (Wildman–Crippen MR) is 112 cm³/mol. The van der Waals surface area contributed by atoms with Crippen LogP contribution in [0.2, 0.25) is 0 Å². The number of carbonyl (C=O) groups is 1. The van der Waals surface area contributed by atoms with Gasteiger partial charge in [-0.05, 0) is 37.1 Å². The molecule has 1 aromatic heterocycles. The number of amides is 1. The van der Waals surface area contributed by atoms with Crippen LogP contribution >= 0.6 is 24.8 Å². The van der Waals surface area contributed by atoms with E-state index in [0.717, 1.165) is 22.4 Å². The molecule has 0 unspecified atom stereocenters. The summed E-state index contributed by atoms with van der Waals surface area (Å²) in [5.41, 5.74) is 8.88. The molecule has 2 aromatic carbocycles. The number of ether oxygens (including phenoxy) is 1. The number of aromatic amines is 1. The molecule has 3 aromatic rings. The smallest absolute Gasteiger partial charge is 0.244 e. The average Bonchev–Trinajstić information content (AvgIpc) is 3.07. The van der Waals surface area contributed by atoms with Gasteiger partial charge in [-0.25, -0.2) is 4.98 Å². The zero-order chi connectivity index (χ0) is 17.3. The standard InChI is InChI=1S/C19H20N4O2.2ClH/c20-19(8-10-25-11-9-19)18(24)21-14-5-3-4-13(12-14)17-22-15-6-1-2-7-16(15)23-17;;/h1-7,12H,8-11,20H2,(H,21,24)(H,22,23);2*1H. The number of nitrogens with zero attached hydrogens (tertiary/aromatic N) is 1. The molecule has 2 heterocycles. The van der Waals surface area contributed by atoms with Crippen molar-refractivity contribution in [1.82, 2.24) is 9.97 Å². The molecule has 1 saturated heterocycles. The lowest BCUT2D eigenvalue weighted by atomic mass is 9.90. The van der Waals surface area contributed by atoms with E-state index in [9.17, 15) is 4.79 Å². The molecule has 6 nitrogen and oxygen atoms in total. The van der Waals surface area contributed by atoms with Crippen molar-refractivity contribution in [1.29, 1.82) is 0 Å². The Bertz CT molecular complexity index is 890. The van der Waals surface area contributed by atoms with E-state index < -0.39 is 5.54 Å². The number of hydrogen-bond acceptors (Lipinski definition) is 4. The summed E-state index contributed by atoms with van der Waals surface area (Å²) in [5, 5.41) is 2.93. The Morgan fingerprint density at radius 3 is 2.59 bits per heavy atom. The molecule has 4 N–H and O–H groups in total. The van der Waals surface area contributed by atoms with Crippen LogP contribution in [0.4, 0.5) is 5.69 Å². The highest BCUT2D eigenvalue weighted by Gasteiger charge is 2.35. The van der Waals surface area contributed by atoms with Gasteiger partial charge in [-0.1, -0.05) is 24.3 Å². The second kappa shape index (κ2) is 8.71. The molecule has 0 spiro atoms. The fourth-order valence-electron chi connectivity index (χ4n) is 3.05. The van der Waals surface area contributed by atoms with E-state index in [1.54, 1.807) is 0 Å². The normalized spacial score (nSPS) is 15.4. The number of rotatable bonds is 3. The van der Waals surface area contributed by atoms with E-state index in [1.165, 1.54) is 0 Å². The first-order valence-electron chi connectivity index (χ1n) is 8.37. The van der Waals surface area contributed by atoms with Crippen molar-refractivity contribution >= 4 is 47.4 Å². The van der Waals surface area contributed by atoms with Crippen molar-refractivity contribution in [2.75, 3.05) is 18.5 Å². The lowest BCUT2D eigenvalue weighted by Crippen LogP contribution is -2.54. The first-order valence-corrected chi connectivity index (χ1v) is 8.37. The Balaban J connectivity index is 0.00000131. The van der Waals surface area contributed by atoms with Crippen LogP contribution in [0.5, 0.6) is 0 Å². The molecular weight excluding hydrogens is 387 g/mol. The van der Waals surface area contributed by atoms with E-state index >= 15 is 0 Å². The molecule has 1 aliphatic heterocycles. The number of hydrogen-bond donors (Lipinski definition) is 3. The molecule has 1 fully saturated rings. The first-order chi connectivity index (χ1) is 12.1. The van der Waals surface area contributed by atoms with E-state index in [4.69, 9.17) is 10.5 Å². The van der Waals surface area contributed by atoms with Crippen molar-refractivity contribution in [3.63, 3.8) is 0 Å². The van der Waals surface area contributed by atoms with E-state index in [1.807, 2.05) is 48.5 Å². The highest BCUT2D eigenvalue weighted by Crippen LogP contribution is 2.25. The highest BCUT2D eigenvalue weighted by atomic mass is 35.5. The summed E-state index contributed by atoms with van der Waals surface area (Å²) in [6, 6.07) is 15.5. The number of carbonyl (C=O) groups excluding carboxylic acids is 1. The molecule has 0 radical (unpaired) electrons. The Morgan fingerprint density at radius 2 is 1.85 bits per heavy atom. The van der Waals surface area contributed by atoms with Gasteiger partial charge in [0.05, 0.1) is 11.0 Å². The maximum Gasteiger partial charge on any atom is 0.244 e. The molecule has 1 aliphatic rings. The van der Waals surface area contributed by atoms with Gasteiger partial charge >= 0.3 is 0 Å².